The maximum absolute atomic E-state index is 9.82. The third kappa shape index (κ3) is 1.72. The third-order valence-electron chi connectivity index (χ3n) is 1.67. The number of nitrogens with zero attached hydrogens (tertiary/aromatic N) is 1. The van der Waals surface area contributed by atoms with Crippen LogP contribution in [0, 0.1) is 0 Å². The molecule has 0 aliphatic carbocycles. The molecule has 1 unspecified atom stereocenters. The summed E-state index contributed by atoms with van der Waals surface area (Å²) >= 11 is 2.88. The number of thiazole rings is 1. The second-order valence-electron chi connectivity index (χ2n) is 2.56. The van der Waals surface area contributed by atoms with E-state index in [2.05, 4.69) is 4.98 Å². The lowest BCUT2D eigenvalue weighted by Crippen LogP contribution is -1.93. The number of rotatable bonds is 2. The van der Waals surface area contributed by atoms with Gasteiger partial charge in [0.15, 0.2) is 5.13 Å². The maximum atomic E-state index is 9.82. The van der Waals surface area contributed by atoms with Crippen molar-refractivity contribution in [2.45, 2.75) is 6.10 Å². The van der Waals surface area contributed by atoms with Crippen molar-refractivity contribution in [1.29, 1.82) is 0 Å². The van der Waals surface area contributed by atoms with Crippen molar-refractivity contribution >= 4 is 27.8 Å². The topological polar surface area (TPSA) is 59.1 Å². The van der Waals surface area contributed by atoms with Crippen LogP contribution in [0.4, 0.5) is 5.13 Å². The lowest BCUT2D eigenvalue weighted by atomic mass is 10.2. The number of hydrogen-bond acceptors (Lipinski definition) is 5. The zero-order valence-corrected chi connectivity index (χ0v) is 8.31. The number of anilines is 1. The molecule has 0 aliphatic rings. The molecular weight excluding hydrogens is 204 g/mol. The van der Waals surface area contributed by atoms with E-state index in [1.807, 2.05) is 16.8 Å². The number of aliphatic hydroxyl groups excluding tert-OH is 1. The molecule has 68 valence electrons. The van der Waals surface area contributed by atoms with Gasteiger partial charge in [0, 0.05) is 6.20 Å². The summed E-state index contributed by atoms with van der Waals surface area (Å²) in [5, 5.41) is 14.2. The highest BCUT2D eigenvalue weighted by molar-refractivity contribution is 7.15. The molecule has 5 heteroatoms. The molecule has 13 heavy (non-hydrogen) atoms. The van der Waals surface area contributed by atoms with Crippen molar-refractivity contribution in [3.05, 3.63) is 33.5 Å². The van der Waals surface area contributed by atoms with Gasteiger partial charge in [0.25, 0.3) is 0 Å². The van der Waals surface area contributed by atoms with Gasteiger partial charge in [-0.25, -0.2) is 4.98 Å². The van der Waals surface area contributed by atoms with Gasteiger partial charge in [0.05, 0.1) is 4.88 Å². The summed E-state index contributed by atoms with van der Waals surface area (Å²) in [6.45, 7) is 0. The standard InChI is InChI=1S/C8H8N2OS2/c9-8-10-3-6(13-8)7(11)5-1-2-12-4-5/h1-4,7,11H,(H2,9,10). The quantitative estimate of drug-likeness (QED) is 0.799. The zero-order chi connectivity index (χ0) is 9.26. The lowest BCUT2D eigenvalue weighted by Gasteiger charge is -2.03. The summed E-state index contributed by atoms with van der Waals surface area (Å²) in [5.74, 6) is 0. The van der Waals surface area contributed by atoms with Crippen LogP contribution < -0.4 is 5.73 Å². The summed E-state index contributed by atoms with van der Waals surface area (Å²) in [6, 6.07) is 1.89. The molecule has 3 N–H and O–H groups in total. The minimum atomic E-state index is -0.582. The van der Waals surface area contributed by atoms with E-state index >= 15 is 0 Å². The van der Waals surface area contributed by atoms with Crippen molar-refractivity contribution in [3.63, 3.8) is 0 Å². The first-order chi connectivity index (χ1) is 6.27. The van der Waals surface area contributed by atoms with Crippen LogP contribution in [0.2, 0.25) is 0 Å². The smallest absolute Gasteiger partial charge is 0.180 e. The molecule has 0 spiro atoms. The molecular formula is C8H8N2OS2. The zero-order valence-electron chi connectivity index (χ0n) is 6.68. The fourth-order valence-electron chi connectivity index (χ4n) is 1.02. The van der Waals surface area contributed by atoms with Gasteiger partial charge in [-0.2, -0.15) is 11.3 Å². The molecule has 2 rings (SSSR count). The van der Waals surface area contributed by atoms with Crippen LogP contribution in [0.5, 0.6) is 0 Å². The number of nitrogen functional groups attached to an aromatic ring is 1. The summed E-state index contributed by atoms with van der Waals surface area (Å²) in [5.41, 5.74) is 6.37. The number of nitrogens with two attached hydrogens (primary N) is 1. The molecule has 0 bridgehead atoms. The highest BCUT2D eigenvalue weighted by Crippen LogP contribution is 2.28. The van der Waals surface area contributed by atoms with Crippen LogP contribution >= 0.6 is 22.7 Å². The fourth-order valence-corrected chi connectivity index (χ4v) is 2.40. The number of aromatic nitrogens is 1. The maximum Gasteiger partial charge on any atom is 0.180 e. The lowest BCUT2D eigenvalue weighted by molar-refractivity contribution is 0.224. The van der Waals surface area contributed by atoms with E-state index in [4.69, 9.17) is 5.73 Å². The van der Waals surface area contributed by atoms with Crippen LogP contribution in [0.15, 0.2) is 23.0 Å². The number of hydrogen-bond donors (Lipinski definition) is 2. The molecule has 3 nitrogen and oxygen atoms in total. The van der Waals surface area contributed by atoms with E-state index in [9.17, 15) is 5.11 Å². The van der Waals surface area contributed by atoms with Crippen molar-refractivity contribution in [1.82, 2.24) is 4.98 Å². The molecule has 0 aliphatic heterocycles. The van der Waals surface area contributed by atoms with Gasteiger partial charge in [0.1, 0.15) is 6.10 Å². The molecule has 0 saturated heterocycles. The summed E-state index contributed by atoms with van der Waals surface area (Å²) < 4.78 is 0. The normalized spacial score (nSPS) is 13.0. The number of thiophene rings is 1. The molecule has 0 radical (unpaired) electrons. The van der Waals surface area contributed by atoms with Gasteiger partial charge in [-0.1, -0.05) is 11.3 Å². The van der Waals surface area contributed by atoms with E-state index in [1.54, 1.807) is 17.5 Å². The van der Waals surface area contributed by atoms with Gasteiger partial charge in [-0.15, -0.1) is 0 Å². The molecule has 2 aromatic heterocycles. The van der Waals surface area contributed by atoms with Crippen LogP contribution in [-0.4, -0.2) is 10.1 Å². The van der Waals surface area contributed by atoms with Crippen molar-refractivity contribution in [2.24, 2.45) is 0 Å². The fraction of sp³-hybridized carbons (Fsp3) is 0.125. The highest BCUT2D eigenvalue weighted by atomic mass is 32.1. The molecule has 1 atom stereocenters. The number of aliphatic hydroxyl groups is 1. The first kappa shape index (κ1) is 8.68. The Morgan fingerprint density at radius 1 is 1.54 bits per heavy atom. The third-order valence-corrected chi connectivity index (χ3v) is 3.25. The average Bonchev–Trinajstić information content (AvgIpc) is 2.72. The van der Waals surface area contributed by atoms with Crippen LogP contribution in [-0.2, 0) is 0 Å². The average molecular weight is 212 g/mol. The largest absolute Gasteiger partial charge is 0.383 e. The first-order valence-electron chi connectivity index (χ1n) is 3.69. The summed E-state index contributed by atoms with van der Waals surface area (Å²) in [7, 11) is 0. The van der Waals surface area contributed by atoms with Crippen LogP contribution in [0.3, 0.4) is 0 Å². The van der Waals surface area contributed by atoms with E-state index in [0.29, 0.717) is 5.13 Å². The Morgan fingerprint density at radius 2 is 2.38 bits per heavy atom. The molecule has 0 amide bonds. The second kappa shape index (κ2) is 3.45. The monoisotopic (exact) mass is 212 g/mol. The molecule has 0 fully saturated rings. The molecule has 0 aromatic carbocycles. The molecule has 2 heterocycles. The van der Waals surface area contributed by atoms with Crippen LogP contribution in [0.25, 0.3) is 0 Å². The summed E-state index contributed by atoms with van der Waals surface area (Å²) in [4.78, 5) is 4.68. The van der Waals surface area contributed by atoms with E-state index < -0.39 is 6.10 Å². The van der Waals surface area contributed by atoms with E-state index in [0.717, 1.165) is 10.4 Å². The van der Waals surface area contributed by atoms with Gasteiger partial charge >= 0.3 is 0 Å². The van der Waals surface area contributed by atoms with Gasteiger partial charge < -0.3 is 10.8 Å². The Balaban J connectivity index is 2.28. The minimum Gasteiger partial charge on any atom is -0.383 e. The Labute approximate surface area is 83.5 Å². The van der Waals surface area contributed by atoms with E-state index in [-0.39, 0.29) is 0 Å². The Kier molecular flexibility index (Phi) is 2.30. The highest BCUT2D eigenvalue weighted by Gasteiger charge is 2.13. The predicted molar refractivity (Wildman–Crippen MR) is 54.9 cm³/mol. The van der Waals surface area contributed by atoms with Crippen molar-refractivity contribution < 1.29 is 5.11 Å². The minimum absolute atomic E-state index is 0.490. The van der Waals surface area contributed by atoms with Gasteiger partial charge in [0.2, 0.25) is 0 Å². The summed E-state index contributed by atoms with van der Waals surface area (Å²) in [6.07, 6.45) is 1.03. The Morgan fingerprint density at radius 3 is 2.92 bits per heavy atom. The SMILES string of the molecule is Nc1ncc(C(O)c2ccsc2)s1. The van der Waals surface area contributed by atoms with Crippen molar-refractivity contribution in [2.75, 3.05) is 5.73 Å². The molecule has 0 saturated carbocycles. The van der Waals surface area contributed by atoms with Crippen molar-refractivity contribution in [3.8, 4) is 0 Å². The Bertz CT molecular complexity index is 383. The van der Waals surface area contributed by atoms with Crippen LogP contribution in [0.1, 0.15) is 16.5 Å². The Hall–Kier alpha value is -0.910. The predicted octanol–water partition coefficient (Wildman–Crippen LogP) is 1.87. The first-order valence-corrected chi connectivity index (χ1v) is 5.44. The van der Waals surface area contributed by atoms with Gasteiger partial charge in [-0.3, -0.25) is 0 Å². The van der Waals surface area contributed by atoms with Gasteiger partial charge in [-0.05, 0) is 22.4 Å². The van der Waals surface area contributed by atoms with E-state index in [1.165, 1.54) is 11.3 Å². The second-order valence-corrected chi connectivity index (χ2v) is 4.43. The molecule has 2 aromatic rings.